The third kappa shape index (κ3) is 2.03. The molecule has 0 saturated heterocycles. The summed E-state index contributed by atoms with van der Waals surface area (Å²) in [5.41, 5.74) is 11.1. The summed E-state index contributed by atoms with van der Waals surface area (Å²) in [6.07, 6.45) is 5.95. The van der Waals surface area contributed by atoms with Crippen molar-refractivity contribution in [2.45, 2.75) is 39.0 Å². The number of fused-ring (bicyclic) bond motifs is 1. The number of nitrogens with zero attached hydrogens (tertiary/aromatic N) is 1. The van der Waals surface area contributed by atoms with Crippen molar-refractivity contribution in [3.63, 3.8) is 0 Å². The summed E-state index contributed by atoms with van der Waals surface area (Å²) in [6, 6.07) is -0.589. The Morgan fingerprint density at radius 2 is 2.27 bits per heavy atom. The molecule has 0 unspecified atom stereocenters. The number of hydrogen-bond donors (Lipinski definition) is 2. The van der Waals surface area contributed by atoms with Crippen LogP contribution in [0.2, 0.25) is 0 Å². The van der Waals surface area contributed by atoms with E-state index in [1.165, 1.54) is 31.3 Å². The number of amides is 2. The standard InChI is InChI=1S/C11H17N3O/c1-7-9-4-2-3-8(9)5-6-10(7)13-14-11(12)15/h8H,2-6H2,1H3,(H3,12,14,15)/t8-/m0/s1. The Hall–Kier alpha value is -1.32. The summed E-state index contributed by atoms with van der Waals surface area (Å²) in [7, 11) is 0. The first kappa shape index (κ1) is 10.2. The Bertz CT molecular complexity index is 344. The molecule has 0 spiro atoms. The van der Waals surface area contributed by atoms with E-state index >= 15 is 0 Å². The van der Waals surface area contributed by atoms with Crippen molar-refractivity contribution in [2.75, 3.05) is 0 Å². The Kier molecular flexibility index (Phi) is 2.75. The monoisotopic (exact) mass is 207 g/mol. The van der Waals surface area contributed by atoms with Gasteiger partial charge in [0, 0.05) is 0 Å². The fraction of sp³-hybridized carbons (Fsp3) is 0.636. The van der Waals surface area contributed by atoms with Crippen LogP contribution in [-0.4, -0.2) is 11.7 Å². The van der Waals surface area contributed by atoms with Gasteiger partial charge in [-0.1, -0.05) is 5.57 Å². The molecule has 1 saturated carbocycles. The highest BCUT2D eigenvalue weighted by molar-refractivity contribution is 6.01. The van der Waals surface area contributed by atoms with E-state index in [4.69, 9.17) is 5.73 Å². The maximum Gasteiger partial charge on any atom is 0.332 e. The van der Waals surface area contributed by atoms with Gasteiger partial charge < -0.3 is 5.73 Å². The predicted molar refractivity (Wildman–Crippen MR) is 59.4 cm³/mol. The summed E-state index contributed by atoms with van der Waals surface area (Å²) in [5.74, 6) is 0.775. The average Bonchev–Trinajstić information content (AvgIpc) is 2.65. The van der Waals surface area contributed by atoms with E-state index in [9.17, 15) is 4.79 Å². The first-order chi connectivity index (χ1) is 7.18. The zero-order valence-electron chi connectivity index (χ0n) is 9.05. The Labute approximate surface area is 89.6 Å². The second-order valence-electron chi connectivity index (χ2n) is 4.31. The van der Waals surface area contributed by atoms with Crippen LogP contribution >= 0.6 is 0 Å². The van der Waals surface area contributed by atoms with Gasteiger partial charge in [-0.15, -0.1) is 0 Å². The Morgan fingerprint density at radius 1 is 1.47 bits per heavy atom. The smallest absolute Gasteiger partial charge is 0.332 e. The number of carbonyl (C=O) groups is 1. The van der Waals surface area contributed by atoms with Crippen molar-refractivity contribution in [1.29, 1.82) is 0 Å². The minimum absolute atomic E-state index is 0.589. The molecule has 0 aromatic rings. The quantitative estimate of drug-likeness (QED) is 0.634. The summed E-state index contributed by atoms with van der Waals surface area (Å²) in [4.78, 5) is 10.6. The lowest BCUT2D eigenvalue weighted by Gasteiger charge is -2.22. The van der Waals surface area contributed by atoms with E-state index in [0.717, 1.165) is 18.1 Å². The van der Waals surface area contributed by atoms with Gasteiger partial charge in [0.05, 0.1) is 5.71 Å². The van der Waals surface area contributed by atoms with Gasteiger partial charge in [-0.05, 0) is 50.5 Å². The number of nitrogens with two attached hydrogens (primary N) is 1. The van der Waals surface area contributed by atoms with Crippen molar-refractivity contribution >= 4 is 11.7 Å². The molecule has 2 aliphatic carbocycles. The lowest BCUT2D eigenvalue weighted by Crippen LogP contribution is -2.27. The van der Waals surface area contributed by atoms with Crippen molar-refractivity contribution < 1.29 is 4.79 Å². The molecule has 1 fully saturated rings. The van der Waals surface area contributed by atoms with E-state index in [0.29, 0.717) is 0 Å². The van der Waals surface area contributed by atoms with E-state index in [-0.39, 0.29) is 0 Å². The normalized spacial score (nSPS) is 28.1. The zero-order chi connectivity index (χ0) is 10.8. The number of hydrazone groups is 1. The van der Waals surface area contributed by atoms with Crippen molar-refractivity contribution in [3.8, 4) is 0 Å². The van der Waals surface area contributed by atoms with E-state index < -0.39 is 6.03 Å². The second-order valence-corrected chi connectivity index (χ2v) is 4.31. The van der Waals surface area contributed by atoms with Gasteiger partial charge in [0.2, 0.25) is 0 Å². The van der Waals surface area contributed by atoms with Crippen LogP contribution in [0.4, 0.5) is 4.79 Å². The summed E-state index contributed by atoms with van der Waals surface area (Å²) in [5, 5.41) is 4.06. The topological polar surface area (TPSA) is 67.5 Å². The van der Waals surface area contributed by atoms with Crippen LogP contribution in [0.25, 0.3) is 0 Å². The summed E-state index contributed by atoms with van der Waals surface area (Å²) in [6.45, 7) is 2.11. The largest absolute Gasteiger partial charge is 0.350 e. The van der Waals surface area contributed by atoms with E-state index in [2.05, 4.69) is 17.5 Å². The molecule has 2 amide bonds. The molecule has 4 nitrogen and oxygen atoms in total. The number of carbonyl (C=O) groups excluding carboxylic acids is 1. The van der Waals surface area contributed by atoms with Crippen LogP contribution in [0.1, 0.15) is 39.0 Å². The number of rotatable bonds is 1. The van der Waals surface area contributed by atoms with Gasteiger partial charge in [-0.2, -0.15) is 5.10 Å². The molecule has 4 heteroatoms. The van der Waals surface area contributed by atoms with Gasteiger partial charge in [0.1, 0.15) is 0 Å². The lowest BCUT2D eigenvalue weighted by atomic mass is 9.84. The molecule has 0 aliphatic heterocycles. The molecule has 0 aromatic heterocycles. The maximum atomic E-state index is 10.6. The third-order valence-electron chi connectivity index (χ3n) is 3.44. The highest BCUT2D eigenvalue weighted by Gasteiger charge is 2.28. The van der Waals surface area contributed by atoms with E-state index in [1.54, 1.807) is 5.57 Å². The molecule has 0 bridgehead atoms. The average molecular weight is 207 g/mol. The van der Waals surface area contributed by atoms with Crippen molar-refractivity contribution in [1.82, 2.24) is 5.43 Å². The highest BCUT2D eigenvalue weighted by atomic mass is 16.2. The van der Waals surface area contributed by atoms with Gasteiger partial charge in [-0.3, -0.25) is 0 Å². The summed E-state index contributed by atoms with van der Waals surface area (Å²) < 4.78 is 0. The van der Waals surface area contributed by atoms with Crippen LogP contribution in [0.5, 0.6) is 0 Å². The molecule has 0 heterocycles. The van der Waals surface area contributed by atoms with Crippen LogP contribution in [0.15, 0.2) is 16.2 Å². The molecule has 2 rings (SSSR count). The van der Waals surface area contributed by atoms with Crippen LogP contribution in [-0.2, 0) is 0 Å². The van der Waals surface area contributed by atoms with Crippen LogP contribution in [0, 0.1) is 5.92 Å². The van der Waals surface area contributed by atoms with Gasteiger partial charge in [0.15, 0.2) is 0 Å². The van der Waals surface area contributed by atoms with Crippen molar-refractivity contribution in [3.05, 3.63) is 11.1 Å². The third-order valence-corrected chi connectivity index (χ3v) is 3.44. The number of urea groups is 1. The number of hydrogen-bond acceptors (Lipinski definition) is 2. The Balaban J connectivity index is 2.18. The minimum atomic E-state index is -0.589. The molecule has 82 valence electrons. The van der Waals surface area contributed by atoms with Crippen LogP contribution < -0.4 is 11.2 Å². The van der Waals surface area contributed by atoms with Gasteiger partial charge >= 0.3 is 6.03 Å². The van der Waals surface area contributed by atoms with Crippen LogP contribution in [0.3, 0.4) is 0 Å². The van der Waals surface area contributed by atoms with Gasteiger partial charge in [-0.25, -0.2) is 10.2 Å². The highest BCUT2D eigenvalue weighted by Crippen LogP contribution is 2.40. The summed E-state index contributed by atoms with van der Waals surface area (Å²) >= 11 is 0. The predicted octanol–water partition coefficient (Wildman–Crippen LogP) is 1.92. The SMILES string of the molecule is CC1=C2CCC[C@H]2CCC1=NNC(N)=O. The zero-order valence-corrected chi connectivity index (χ0v) is 9.05. The molecule has 15 heavy (non-hydrogen) atoms. The number of nitrogens with one attached hydrogen (secondary N) is 1. The first-order valence-electron chi connectivity index (χ1n) is 5.50. The molecule has 0 aromatic carbocycles. The second kappa shape index (κ2) is 4.04. The van der Waals surface area contributed by atoms with E-state index in [1.807, 2.05) is 0 Å². The first-order valence-corrected chi connectivity index (χ1v) is 5.50. The maximum absolute atomic E-state index is 10.6. The molecular weight excluding hydrogens is 190 g/mol. The number of allylic oxidation sites excluding steroid dienone is 2. The lowest BCUT2D eigenvalue weighted by molar-refractivity contribution is 0.249. The van der Waals surface area contributed by atoms with Crippen molar-refractivity contribution in [2.24, 2.45) is 16.8 Å². The molecule has 2 aliphatic rings. The fourth-order valence-corrected chi connectivity index (χ4v) is 2.68. The molecule has 1 atom stereocenters. The fourth-order valence-electron chi connectivity index (χ4n) is 2.68. The van der Waals surface area contributed by atoms with Gasteiger partial charge in [0.25, 0.3) is 0 Å². The minimum Gasteiger partial charge on any atom is -0.350 e. The molecule has 3 N–H and O–H groups in total. The molecule has 0 radical (unpaired) electrons. The molecular formula is C11H17N3O. The Morgan fingerprint density at radius 3 is 3.00 bits per heavy atom. The number of primary amides is 1.